The normalized spacial score (nSPS) is 10.6. The summed E-state index contributed by atoms with van der Waals surface area (Å²) in [5, 5.41) is 15.3. The second-order valence-corrected chi connectivity index (χ2v) is 7.07. The monoisotopic (exact) mass is 429 g/mol. The lowest BCUT2D eigenvalue weighted by Crippen LogP contribution is -2.13. The number of halogens is 1. The molecule has 3 N–H and O–H groups in total. The summed E-state index contributed by atoms with van der Waals surface area (Å²) in [6.45, 7) is 1.47. The largest absolute Gasteiger partial charge is 0.392 e. The molecule has 7 nitrogen and oxygen atoms in total. The van der Waals surface area contributed by atoms with Gasteiger partial charge in [0.15, 0.2) is 0 Å². The van der Waals surface area contributed by atoms with Crippen LogP contribution < -0.4 is 10.6 Å². The lowest BCUT2D eigenvalue weighted by atomic mass is 10.1. The summed E-state index contributed by atoms with van der Waals surface area (Å²) in [6, 6.07) is 14.8. The average Bonchev–Trinajstić information content (AvgIpc) is 2.82. The molecule has 160 valence electrons. The number of amides is 1. The molecule has 0 saturated heterocycles. The van der Waals surface area contributed by atoms with Crippen molar-refractivity contribution in [1.29, 1.82) is 0 Å². The third-order valence-electron chi connectivity index (χ3n) is 4.89. The maximum absolute atomic E-state index is 13.6. The van der Waals surface area contributed by atoms with Gasteiger partial charge < -0.3 is 15.7 Å². The Kier molecular flexibility index (Phi) is 6.14. The van der Waals surface area contributed by atoms with Gasteiger partial charge in [0.2, 0.25) is 0 Å². The first kappa shape index (κ1) is 21.1. The van der Waals surface area contributed by atoms with E-state index >= 15 is 0 Å². The second-order valence-electron chi connectivity index (χ2n) is 7.07. The summed E-state index contributed by atoms with van der Waals surface area (Å²) in [7, 11) is 0. The van der Waals surface area contributed by atoms with Gasteiger partial charge in [-0.15, -0.1) is 0 Å². The Labute approximate surface area is 184 Å². The van der Waals surface area contributed by atoms with E-state index in [1.165, 1.54) is 24.5 Å². The highest BCUT2D eigenvalue weighted by Crippen LogP contribution is 2.28. The van der Waals surface area contributed by atoms with Gasteiger partial charge in [0.25, 0.3) is 5.91 Å². The standard InChI is InChI=1S/C24H20FN5O2/c1-15-4-5-16(24(32)29-18-6-7-20(25)17(11-18)13-31)12-22(15)30-23-19(3-2-9-27-23)21-8-10-26-14-28-21/h2-12,14,31H,13H2,1H3,(H,27,30)(H,29,32). The van der Waals surface area contributed by atoms with Crippen LogP contribution in [0.15, 0.2) is 73.3 Å². The Bertz CT molecular complexity index is 1260. The van der Waals surface area contributed by atoms with Crippen LogP contribution in [0.5, 0.6) is 0 Å². The van der Waals surface area contributed by atoms with Crippen molar-refractivity contribution in [1.82, 2.24) is 15.0 Å². The van der Waals surface area contributed by atoms with Crippen LogP contribution in [-0.4, -0.2) is 26.0 Å². The number of aliphatic hydroxyl groups is 1. The smallest absolute Gasteiger partial charge is 0.255 e. The quantitative estimate of drug-likeness (QED) is 0.418. The first-order valence-electron chi connectivity index (χ1n) is 9.85. The third kappa shape index (κ3) is 4.60. The van der Waals surface area contributed by atoms with E-state index in [2.05, 4.69) is 25.6 Å². The topological polar surface area (TPSA) is 100 Å². The van der Waals surface area contributed by atoms with Crippen LogP contribution in [0.1, 0.15) is 21.5 Å². The highest BCUT2D eigenvalue weighted by molar-refractivity contribution is 6.05. The molecule has 4 rings (SSSR count). The van der Waals surface area contributed by atoms with Gasteiger partial charge in [0.1, 0.15) is 18.0 Å². The number of benzene rings is 2. The van der Waals surface area contributed by atoms with Crippen LogP contribution in [0.2, 0.25) is 0 Å². The number of carbonyl (C=O) groups is 1. The zero-order chi connectivity index (χ0) is 22.5. The Hall–Kier alpha value is -4.17. The highest BCUT2D eigenvalue weighted by Gasteiger charge is 2.13. The van der Waals surface area contributed by atoms with Crippen molar-refractivity contribution in [2.75, 3.05) is 10.6 Å². The summed E-state index contributed by atoms with van der Waals surface area (Å²) >= 11 is 0. The third-order valence-corrected chi connectivity index (χ3v) is 4.89. The molecule has 0 aliphatic heterocycles. The van der Waals surface area contributed by atoms with E-state index in [0.717, 1.165) is 16.8 Å². The number of pyridine rings is 1. The minimum atomic E-state index is -0.526. The minimum Gasteiger partial charge on any atom is -0.392 e. The number of nitrogens with zero attached hydrogens (tertiary/aromatic N) is 3. The summed E-state index contributed by atoms with van der Waals surface area (Å²) in [5.41, 5.74) is 4.07. The van der Waals surface area contributed by atoms with Gasteiger partial charge in [-0.1, -0.05) is 6.07 Å². The van der Waals surface area contributed by atoms with Crippen LogP contribution in [0.4, 0.5) is 21.6 Å². The fourth-order valence-corrected chi connectivity index (χ4v) is 3.16. The molecule has 2 heterocycles. The first-order chi connectivity index (χ1) is 15.5. The number of hydrogen-bond donors (Lipinski definition) is 3. The Morgan fingerprint density at radius 1 is 1.06 bits per heavy atom. The Morgan fingerprint density at radius 3 is 2.72 bits per heavy atom. The van der Waals surface area contributed by atoms with Crippen molar-refractivity contribution in [3.05, 3.63) is 95.8 Å². The predicted octanol–water partition coefficient (Wildman–Crippen LogP) is 4.47. The lowest BCUT2D eigenvalue weighted by molar-refractivity contribution is 0.102. The summed E-state index contributed by atoms with van der Waals surface area (Å²) in [4.78, 5) is 25.4. The van der Waals surface area contributed by atoms with Crippen molar-refractivity contribution in [3.63, 3.8) is 0 Å². The molecule has 0 spiro atoms. The zero-order valence-corrected chi connectivity index (χ0v) is 17.2. The molecule has 8 heteroatoms. The first-order valence-corrected chi connectivity index (χ1v) is 9.85. The molecule has 1 amide bonds. The summed E-state index contributed by atoms with van der Waals surface area (Å²) < 4.78 is 13.6. The van der Waals surface area contributed by atoms with Gasteiger partial charge in [-0.25, -0.2) is 19.3 Å². The maximum Gasteiger partial charge on any atom is 0.255 e. The van der Waals surface area contributed by atoms with Crippen molar-refractivity contribution in [2.24, 2.45) is 0 Å². The van der Waals surface area contributed by atoms with Crippen molar-refractivity contribution >= 4 is 23.1 Å². The number of aliphatic hydroxyl groups excluding tert-OH is 1. The average molecular weight is 429 g/mol. The fraction of sp³-hybridized carbons (Fsp3) is 0.0833. The molecule has 32 heavy (non-hydrogen) atoms. The van der Waals surface area contributed by atoms with Gasteiger partial charge in [-0.2, -0.15) is 0 Å². The molecule has 0 atom stereocenters. The molecule has 0 radical (unpaired) electrons. The molecule has 0 bridgehead atoms. The van der Waals surface area contributed by atoms with E-state index in [9.17, 15) is 14.3 Å². The number of carbonyl (C=O) groups excluding carboxylic acids is 1. The van der Waals surface area contributed by atoms with Gasteiger partial charge in [0, 0.05) is 40.5 Å². The fourth-order valence-electron chi connectivity index (χ4n) is 3.16. The lowest BCUT2D eigenvalue weighted by Gasteiger charge is -2.14. The molecule has 0 unspecified atom stereocenters. The van der Waals surface area contributed by atoms with Crippen LogP contribution in [0, 0.1) is 12.7 Å². The zero-order valence-electron chi connectivity index (χ0n) is 17.2. The van der Waals surface area contributed by atoms with E-state index in [-0.39, 0.29) is 11.5 Å². The number of nitrogens with one attached hydrogen (secondary N) is 2. The van der Waals surface area contributed by atoms with Crippen LogP contribution in [0.25, 0.3) is 11.3 Å². The van der Waals surface area contributed by atoms with Crippen LogP contribution in [-0.2, 0) is 6.61 Å². The highest BCUT2D eigenvalue weighted by atomic mass is 19.1. The summed E-state index contributed by atoms with van der Waals surface area (Å²) in [5.74, 6) is -0.291. The van der Waals surface area contributed by atoms with Crippen molar-refractivity contribution in [2.45, 2.75) is 13.5 Å². The van der Waals surface area contributed by atoms with Gasteiger partial charge in [0.05, 0.1) is 12.3 Å². The van der Waals surface area contributed by atoms with E-state index in [1.54, 1.807) is 30.6 Å². The molecular formula is C24H20FN5O2. The SMILES string of the molecule is Cc1ccc(C(=O)Nc2ccc(F)c(CO)c2)cc1Nc1ncccc1-c1ccncn1. The van der Waals surface area contributed by atoms with E-state index in [4.69, 9.17) is 0 Å². The Balaban J connectivity index is 1.60. The Morgan fingerprint density at radius 2 is 1.94 bits per heavy atom. The van der Waals surface area contributed by atoms with E-state index in [0.29, 0.717) is 22.8 Å². The van der Waals surface area contributed by atoms with E-state index in [1.807, 2.05) is 25.1 Å². The number of anilines is 3. The summed E-state index contributed by atoms with van der Waals surface area (Å²) in [6.07, 6.45) is 4.80. The van der Waals surface area contributed by atoms with Crippen LogP contribution in [0.3, 0.4) is 0 Å². The molecule has 2 aromatic heterocycles. The van der Waals surface area contributed by atoms with Gasteiger partial charge in [-0.3, -0.25) is 4.79 Å². The molecule has 0 fully saturated rings. The molecule has 0 aliphatic rings. The number of rotatable bonds is 6. The predicted molar refractivity (Wildman–Crippen MR) is 120 cm³/mol. The van der Waals surface area contributed by atoms with Crippen molar-refractivity contribution in [3.8, 4) is 11.3 Å². The number of aromatic nitrogens is 3. The van der Waals surface area contributed by atoms with Crippen molar-refractivity contribution < 1.29 is 14.3 Å². The van der Waals surface area contributed by atoms with Gasteiger partial charge in [-0.05, 0) is 61.0 Å². The molecule has 0 saturated carbocycles. The van der Waals surface area contributed by atoms with Crippen LogP contribution >= 0.6 is 0 Å². The van der Waals surface area contributed by atoms with Gasteiger partial charge >= 0.3 is 0 Å². The molecule has 2 aromatic carbocycles. The number of hydrogen-bond acceptors (Lipinski definition) is 6. The second kappa shape index (κ2) is 9.32. The van der Waals surface area contributed by atoms with E-state index < -0.39 is 12.4 Å². The maximum atomic E-state index is 13.6. The minimum absolute atomic E-state index is 0.112. The molecular weight excluding hydrogens is 409 g/mol. The molecule has 0 aliphatic carbocycles. The number of aryl methyl sites for hydroxylation is 1. The molecule has 4 aromatic rings.